The van der Waals surface area contributed by atoms with Crippen molar-refractivity contribution in [1.82, 2.24) is 19.5 Å². The number of aliphatic hydroxyl groups excluding tert-OH is 1. The van der Waals surface area contributed by atoms with E-state index in [1.54, 1.807) is 20.4 Å². The van der Waals surface area contributed by atoms with Crippen LogP contribution in [0.5, 0.6) is 11.5 Å². The van der Waals surface area contributed by atoms with Crippen molar-refractivity contribution in [1.29, 1.82) is 0 Å². The zero-order valence-electron chi connectivity index (χ0n) is 20.4. The molecule has 1 fully saturated rings. The zero-order valence-corrected chi connectivity index (χ0v) is 20.4. The predicted molar refractivity (Wildman–Crippen MR) is 137 cm³/mol. The van der Waals surface area contributed by atoms with Crippen LogP contribution < -0.4 is 14.8 Å². The number of β-amino-alcohol motifs (C(OH)–C–C–N with tert-alkyl or cyclic N) is 1. The van der Waals surface area contributed by atoms with Gasteiger partial charge in [-0.05, 0) is 54.9 Å². The van der Waals surface area contributed by atoms with Gasteiger partial charge in [-0.1, -0.05) is 18.2 Å². The molecule has 0 spiro atoms. The fraction of sp³-hybridized carbons (Fsp3) is 0.333. The number of likely N-dealkylation sites (tertiary alicyclic amines) is 1. The molecule has 1 saturated heterocycles. The molecule has 2 atom stereocenters. The molecule has 2 unspecified atom stereocenters. The number of nitrogens with zero attached hydrogens (tertiary/aromatic N) is 4. The monoisotopic (exact) mass is 491 g/mol. The first-order valence-corrected chi connectivity index (χ1v) is 12.0. The molecule has 188 valence electrons. The molecule has 2 aromatic carbocycles. The van der Waals surface area contributed by atoms with Crippen LogP contribution in [0.15, 0.2) is 60.8 Å². The van der Waals surface area contributed by atoms with Gasteiger partial charge in [0.15, 0.2) is 0 Å². The molecule has 0 amide bonds. The number of alkyl halides is 1. The van der Waals surface area contributed by atoms with E-state index in [1.165, 1.54) is 0 Å². The van der Waals surface area contributed by atoms with E-state index in [2.05, 4.69) is 10.3 Å². The molecule has 9 heteroatoms. The highest BCUT2D eigenvalue weighted by Gasteiger charge is 2.29. The Bertz CT molecular complexity index is 1340. The van der Waals surface area contributed by atoms with E-state index in [1.807, 2.05) is 64.0 Å². The maximum Gasteiger partial charge on any atom is 0.245 e. The summed E-state index contributed by atoms with van der Waals surface area (Å²) in [4.78, 5) is 6.43. The summed E-state index contributed by atoms with van der Waals surface area (Å²) < 4.78 is 25.7. The molecular formula is C27H30FN5O3. The second-order valence-corrected chi connectivity index (χ2v) is 8.87. The lowest BCUT2D eigenvalue weighted by Gasteiger charge is -2.35. The summed E-state index contributed by atoms with van der Waals surface area (Å²) >= 11 is 0. The third-order valence-corrected chi connectivity index (χ3v) is 6.75. The van der Waals surface area contributed by atoms with Crippen molar-refractivity contribution < 1.29 is 19.0 Å². The first-order chi connectivity index (χ1) is 17.6. The number of hydrogen-bond acceptors (Lipinski definition) is 7. The molecular weight excluding hydrogens is 461 g/mol. The molecule has 0 radical (unpaired) electrons. The Morgan fingerprint density at radius 2 is 1.92 bits per heavy atom. The number of methoxy groups -OCH3 is 2. The SMILES string of the molecule is COc1cc(C2CCN(CCF)CC2O)ccc1Nc1ncc2ccc(-c3ccccc3OC)n2n1. The van der Waals surface area contributed by atoms with Crippen LogP contribution in [0.3, 0.4) is 0 Å². The standard InChI is InChI=1S/C27H30FN5O3/c1-35-25-6-4-3-5-21(25)23-10-8-19-16-29-27(31-33(19)23)30-22-9-7-18(15-26(22)36-2)20-11-13-32(14-12-28)17-24(20)34/h3-10,15-16,20,24,34H,11-14,17H2,1-2H3,(H,30,31). The van der Waals surface area contributed by atoms with Crippen LogP contribution in [0.1, 0.15) is 17.9 Å². The van der Waals surface area contributed by atoms with Crippen molar-refractivity contribution in [2.24, 2.45) is 0 Å². The van der Waals surface area contributed by atoms with E-state index in [4.69, 9.17) is 14.6 Å². The Hall–Kier alpha value is -3.69. The van der Waals surface area contributed by atoms with Gasteiger partial charge in [-0.3, -0.25) is 4.90 Å². The highest BCUT2D eigenvalue weighted by Crippen LogP contribution is 2.35. The van der Waals surface area contributed by atoms with Gasteiger partial charge >= 0.3 is 0 Å². The minimum absolute atomic E-state index is 0.0281. The zero-order chi connectivity index (χ0) is 25.1. The summed E-state index contributed by atoms with van der Waals surface area (Å²) in [7, 11) is 3.26. The molecule has 3 heterocycles. The van der Waals surface area contributed by atoms with Gasteiger partial charge in [-0.15, -0.1) is 5.10 Å². The number of piperidine rings is 1. The quantitative estimate of drug-likeness (QED) is 0.381. The molecule has 4 aromatic rings. The smallest absolute Gasteiger partial charge is 0.245 e. The van der Waals surface area contributed by atoms with Crippen molar-refractivity contribution in [3.63, 3.8) is 0 Å². The molecule has 1 aliphatic rings. The fourth-order valence-corrected chi connectivity index (χ4v) is 4.89. The predicted octanol–water partition coefficient (Wildman–Crippen LogP) is 4.28. The highest BCUT2D eigenvalue weighted by atomic mass is 19.1. The van der Waals surface area contributed by atoms with E-state index in [-0.39, 0.29) is 5.92 Å². The van der Waals surface area contributed by atoms with Gasteiger partial charge < -0.3 is 19.9 Å². The molecule has 0 bridgehead atoms. The lowest BCUT2D eigenvalue weighted by molar-refractivity contribution is 0.0487. The van der Waals surface area contributed by atoms with Gasteiger partial charge in [0.05, 0.1) is 43.4 Å². The molecule has 2 N–H and O–H groups in total. The van der Waals surface area contributed by atoms with Gasteiger partial charge in [-0.2, -0.15) is 0 Å². The highest BCUT2D eigenvalue weighted by molar-refractivity contribution is 5.72. The van der Waals surface area contributed by atoms with Crippen molar-refractivity contribution in [3.05, 3.63) is 66.4 Å². The molecule has 0 aliphatic carbocycles. The van der Waals surface area contributed by atoms with Crippen LogP contribution in [0, 0.1) is 0 Å². The van der Waals surface area contributed by atoms with Crippen LogP contribution in [0.2, 0.25) is 0 Å². The first-order valence-electron chi connectivity index (χ1n) is 12.0. The maximum absolute atomic E-state index is 12.7. The number of benzene rings is 2. The fourth-order valence-electron chi connectivity index (χ4n) is 4.89. The number of ether oxygens (including phenoxy) is 2. The lowest BCUT2D eigenvalue weighted by atomic mass is 9.87. The number of rotatable bonds is 8. The summed E-state index contributed by atoms with van der Waals surface area (Å²) in [6, 6.07) is 17.6. The Balaban J connectivity index is 1.40. The van der Waals surface area contributed by atoms with Crippen molar-refractivity contribution >= 4 is 17.2 Å². The van der Waals surface area contributed by atoms with Gasteiger partial charge in [-0.25, -0.2) is 13.9 Å². The Morgan fingerprint density at radius 1 is 1.08 bits per heavy atom. The van der Waals surface area contributed by atoms with Gasteiger partial charge in [0.2, 0.25) is 5.95 Å². The summed E-state index contributed by atoms with van der Waals surface area (Å²) in [5.74, 6) is 1.78. The van der Waals surface area contributed by atoms with Crippen molar-refractivity contribution in [2.45, 2.75) is 18.4 Å². The summed E-state index contributed by atoms with van der Waals surface area (Å²) in [5, 5.41) is 18.7. The van der Waals surface area contributed by atoms with Gasteiger partial charge in [0.1, 0.15) is 18.2 Å². The first kappa shape index (κ1) is 24.0. The van der Waals surface area contributed by atoms with E-state index in [9.17, 15) is 9.50 Å². The number of hydrogen-bond donors (Lipinski definition) is 2. The molecule has 8 nitrogen and oxygen atoms in total. The number of para-hydroxylation sites is 1. The summed E-state index contributed by atoms with van der Waals surface area (Å²) in [6.07, 6.45) is 1.97. The van der Waals surface area contributed by atoms with Crippen LogP contribution in [-0.4, -0.2) is 71.2 Å². The number of nitrogens with one attached hydrogen (secondary N) is 1. The number of halogens is 1. The number of fused-ring (bicyclic) bond motifs is 1. The minimum atomic E-state index is -0.554. The molecule has 36 heavy (non-hydrogen) atoms. The third kappa shape index (κ3) is 4.72. The van der Waals surface area contributed by atoms with Crippen LogP contribution in [0.25, 0.3) is 16.8 Å². The molecule has 0 saturated carbocycles. The van der Waals surface area contributed by atoms with E-state index >= 15 is 0 Å². The average Bonchev–Trinajstić information content (AvgIpc) is 3.32. The third-order valence-electron chi connectivity index (χ3n) is 6.75. The second-order valence-electron chi connectivity index (χ2n) is 8.87. The Morgan fingerprint density at radius 3 is 2.69 bits per heavy atom. The van der Waals surface area contributed by atoms with Crippen LogP contribution in [-0.2, 0) is 0 Å². The number of aliphatic hydroxyl groups is 1. The van der Waals surface area contributed by atoms with Crippen molar-refractivity contribution in [3.8, 4) is 22.8 Å². The Labute approximate surface area is 209 Å². The number of anilines is 2. The van der Waals surface area contributed by atoms with E-state index in [0.29, 0.717) is 24.8 Å². The molecule has 1 aliphatic heterocycles. The van der Waals surface area contributed by atoms with E-state index < -0.39 is 12.8 Å². The average molecular weight is 492 g/mol. The largest absolute Gasteiger partial charge is 0.496 e. The maximum atomic E-state index is 12.7. The second kappa shape index (κ2) is 10.5. The van der Waals surface area contributed by atoms with E-state index in [0.717, 1.165) is 46.7 Å². The van der Waals surface area contributed by atoms with Gasteiger partial charge in [0.25, 0.3) is 0 Å². The summed E-state index contributed by atoms with van der Waals surface area (Å²) in [5.41, 5.74) is 4.39. The minimum Gasteiger partial charge on any atom is -0.496 e. The lowest BCUT2D eigenvalue weighted by Crippen LogP contribution is -2.43. The summed E-state index contributed by atoms with van der Waals surface area (Å²) in [6.45, 7) is 1.19. The van der Waals surface area contributed by atoms with Crippen molar-refractivity contribution in [2.75, 3.05) is 45.8 Å². The van der Waals surface area contributed by atoms with Gasteiger partial charge in [0, 0.05) is 24.6 Å². The normalized spacial score (nSPS) is 18.3. The Kier molecular flexibility index (Phi) is 7.02. The van der Waals surface area contributed by atoms with Crippen LogP contribution in [0.4, 0.5) is 16.0 Å². The van der Waals surface area contributed by atoms with Crippen LogP contribution >= 0.6 is 0 Å². The molecule has 5 rings (SSSR count). The number of aromatic nitrogens is 3. The molecule has 2 aromatic heterocycles. The topological polar surface area (TPSA) is 84.2 Å².